The largest absolute Gasteiger partial charge is 0.316 e. The summed E-state index contributed by atoms with van der Waals surface area (Å²) in [6.07, 6.45) is 0. The molecule has 0 saturated carbocycles. The molecule has 2 aromatic rings. The van der Waals surface area contributed by atoms with Gasteiger partial charge in [0.25, 0.3) is 0 Å². The van der Waals surface area contributed by atoms with Gasteiger partial charge in [0.05, 0.1) is 14.1 Å². The van der Waals surface area contributed by atoms with Crippen molar-refractivity contribution in [2.24, 2.45) is 0 Å². The van der Waals surface area contributed by atoms with Crippen LogP contribution in [-0.2, 0) is 0 Å². The maximum Gasteiger partial charge on any atom is 0.216 e. The van der Waals surface area contributed by atoms with Crippen LogP contribution in [0.15, 0.2) is 48.5 Å². The Morgan fingerprint density at radius 2 is 1.04 bits per heavy atom. The fourth-order valence-corrected chi connectivity index (χ4v) is 2.54. The molecule has 0 aliphatic carbocycles. The van der Waals surface area contributed by atoms with Crippen molar-refractivity contribution in [3.63, 3.8) is 0 Å². The summed E-state index contributed by atoms with van der Waals surface area (Å²) in [5.41, 5.74) is 1.19. The topological polar surface area (TPSA) is 34.1 Å². The molecule has 0 aromatic heterocycles. The number of Topliss-reactive ketones (excluding diaryl/α,β-unsaturated/α-hetero) is 2. The number of nitrogens with zero attached hydrogens (tertiary/aromatic N) is 1. The number of carbonyl (C=O) groups is 2. The molecule has 0 fully saturated rings. The molecule has 2 aromatic carbocycles. The first-order chi connectivity index (χ1) is 10.8. The summed E-state index contributed by atoms with van der Waals surface area (Å²) in [5, 5.41) is 1.18. The summed E-state index contributed by atoms with van der Waals surface area (Å²) in [7, 11) is 3.73. The molecular formula is C18H18Cl2NO2+. The minimum absolute atomic E-state index is 0.0180. The van der Waals surface area contributed by atoms with Crippen molar-refractivity contribution >= 4 is 34.8 Å². The van der Waals surface area contributed by atoms with Crippen molar-refractivity contribution in [2.45, 2.75) is 0 Å². The highest BCUT2D eigenvalue weighted by molar-refractivity contribution is 6.31. The molecule has 0 amide bonds. The lowest BCUT2D eigenvalue weighted by Gasteiger charge is -2.28. The van der Waals surface area contributed by atoms with E-state index in [0.717, 1.165) is 0 Å². The number of hydrogen-bond donors (Lipinski definition) is 0. The number of likely N-dealkylation sites (N-methyl/N-ethyl adjacent to an activating group) is 1. The van der Waals surface area contributed by atoms with Gasteiger partial charge >= 0.3 is 0 Å². The van der Waals surface area contributed by atoms with Crippen LogP contribution >= 0.6 is 23.2 Å². The van der Waals surface area contributed by atoms with E-state index in [-0.39, 0.29) is 29.1 Å². The number of quaternary nitrogens is 1. The van der Waals surface area contributed by atoms with Crippen molar-refractivity contribution in [3.05, 3.63) is 69.7 Å². The Kier molecular flexibility index (Phi) is 5.58. The van der Waals surface area contributed by atoms with E-state index in [1.807, 2.05) is 14.1 Å². The minimum Gasteiger partial charge on any atom is -0.316 e. The van der Waals surface area contributed by atoms with Gasteiger partial charge in [-0.3, -0.25) is 9.59 Å². The molecule has 0 N–H and O–H groups in total. The highest BCUT2D eigenvalue weighted by Crippen LogP contribution is 2.14. The van der Waals surface area contributed by atoms with Gasteiger partial charge in [-0.1, -0.05) is 23.2 Å². The fourth-order valence-electron chi connectivity index (χ4n) is 2.29. The lowest BCUT2D eigenvalue weighted by Crippen LogP contribution is -2.47. The van der Waals surface area contributed by atoms with Crippen LogP contribution < -0.4 is 0 Å². The van der Waals surface area contributed by atoms with Crippen molar-refractivity contribution in [3.8, 4) is 0 Å². The third kappa shape index (κ3) is 5.17. The van der Waals surface area contributed by atoms with Crippen LogP contribution in [-0.4, -0.2) is 43.2 Å². The number of halogens is 2. The smallest absolute Gasteiger partial charge is 0.216 e. The van der Waals surface area contributed by atoms with Gasteiger partial charge in [-0.15, -0.1) is 0 Å². The summed E-state index contributed by atoms with van der Waals surface area (Å²) >= 11 is 11.7. The molecule has 0 radical (unpaired) electrons. The SMILES string of the molecule is C[N+](C)(CC(=O)c1ccc(Cl)cc1)CC(=O)c1ccc(Cl)cc1. The number of ketones is 2. The Morgan fingerprint density at radius 1 is 0.739 bits per heavy atom. The van der Waals surface area contributed by atoms with Gasteiger partial charge in [0.2, 0.25) is 11.6 Å². The fraction of sp³-hybridized carbons (Fsp3) is 0.222. The second kappa shape index (κ2) is 7.26. The van der Waals surface area contributed by atoms with Crippen LogP contribution in [0.4, 0.5) is 0 Å². The Balaban J connectivity index is 2.03. The highest BCUT2D eigenvalue weighted by atomic mass is 35.5. The standard InChI is InChI=1S/C18H18Cl2NO2/c1-21(2,11-17(22)13-3-7-15(19)8-4-13)12-18(23)14-5-9-16(20)10-6-14/h3-10H,11-12H2,1-2H3/q+1. The van der Waals surface area contributed by atoms with Crippen molar-refractivity contribution in [1.29, 1.82) is 0 Å². The molecule has 0 atom stereocenters. The molecule has 23 heavy (non-hydrogen) atoms. The van der Waals surface area contributed by atoms with Gasteiger partial charge in [0.1, 0.15) is 13.1 Å². The van der Waals surface area contributed by atoms with Crippen LogP contribution in [0.25, 0.3) is 0 Å². The zero-order chi connectivity index (χ0) is 17.0. The molecule has 0 unspecified atom stereocenters. The van der Waals surface area contributed by atoms with Crippen molar-refractivity contribution in [1.82, 2.24) is 0 Å². The van der Waals surface area contributed by atoms with E-state index in [0.29, 0.717) is 21.2 Å². The molecule has 0 aliphatic rings. The molecule has 120 valence electrons. The van der Waals surface area contributed by atoms with Crippen LogP contribution in [0.5, 0.6) is 0 Å². The Morgan fingerprint density at radius 3 is 1.35 bits per heavy atom. The second-order valence-corrected chi connectivity index (χ2v) is 6.98. The molecule has 0 bridgehead atoms. The zero-order valence-electron chi connectivity index (χ0n) is 13.1. The molecule has 3 nitrogen and oxygen atoms in total. The predicted molar refractivity (Wildman–Crippen MR) is 93.4 cm³/mol. The third-order valence-electron chi connectivity index (χ3n) is 3.48. The van der Waals surface area contributed by atoms with E-state index < -0.39 is 0 Å². The maximum absolute atomic E-state index is 12.3. The van der Waals surface area contributed by atoms with Crippen molar-refractivity contribution in [2.75, 3.05) is 27.2 Å². The van der Waals surface area contributed by atoms with E-state index in [1.165, 1.54) is 0 Å². The van der Waals surface area contributed by atoms with Gasteiger partial charge in [0.15, 0.2) is 0 Å². The highest BCUT2D eigenvalue weighted by Gasteiger charge is 2.25. The van der Waals surface area contributed by atoms with Gasteiger partial charge in [-0.25, -0.2) is 0 Å². The first kappa shape index (κ1) is 17.7. The van der Waals surface area contributed by atoms with E-state index in [1.54, 1.807) is 48.5 Å². The van der Waals surface area contributed by atoms with Crippen molar-refractivity contribution < 1.29 is 14.1 Å². The second-order valence-electron chi connectivity index (χ2n) is 6.11. The number of benzene rings is 2. The lowest BCUT2D eigenvalue weighted by atomic mass is 10.1. The summed E-state index contributed by atoms with van der Waals surface area (Å²) in [5.74, 6) is -0.0360. The third-order valence-corrected chi connectivity index (χ3v) is 3.98. The van der Waals surface area contributed by atoms with E-state index in [2.05, 4.69) is 0 Å². The first-order valence-corrected chi connectivity index (χ1v) is 7.92. The normalized spacial score (nSPS) is 11.3. The van der Waals surface area contributed by atoms with Crippen LogP contribution in [0.1, 0.15) is 20.7 Å². The van der Waals surface area contributed by atoms with Crippen LogP contribution in [0, 0.1) is 0 Å². The Bertz CT molecular complexity index is 645. The first-order valence-electron chi connectivity index (χ1n) is 7.16. The Labute approximate surface area is 146 Å². The summed E-state index contributed by atoms with van der Waals surface area (Å²) < 4.78 is 0.281. The maximum atomic E-state index is 12.3. The molecule has 0 saturated heterocycles. The van der Waals surface area contributed by atoms with Crippen LogP contribution in [0.3, 0.4) is 0 Å². The van der Waals surface area contributed by atoms with Gasteiger partial charge in [0, 0.05) is 21.2 Å². The van der Waals surface area contributed by atoms with Gasteiger partial charge < -0.3 is 4.48 Å². The Hall–Kier alpha value is -1.68. The average molecular weight is 351 g/mol. The van der Waals surface area contributed by atoms with E-state index in [4.69, 9.17) is 23.2 Å². The quantitative estimate of drug-likeness (QED) is 0.579. The van der Waals surface area contributed by atoms with Gasteiger partial charge in [-0.2, -0.15) is 0 Å². The van der Waals surface area contributed by atoms with Crippen LogP contribution in [0.2, 0.25) is 10.0 Å². The molecule has 0 aliphatic heterocycles. The monoisotopic (exact) mass is 350 g/mol. The average Bonchev–Trinajstić information content (AvgIpc) is 2.47. The molecule has 2 rings (SSSR count). The number of carbonyl (C=O) groups excluding carboxylic acids is 2. The number of hydrogen-bond acceptors (Lipinski definition) is 2. The summed E-state index contributed by atoms with van der Waals surface area (Å²) in [6.45, 7) is 0.474. The molecule has 5 heteroatoms. The molecule has 0 spiro atoms. The summed E-state index contributed by atoms with van der Waals surface area (Å²) in [4.78, 5) is 24.7. The van der Waals surface area contributed by atoms with E-state index >= 15 is 0 Å². The predicted octanol–water partition coefficient (Wildman–Crippen LogP) is 4.14. The van der Waals surface area contributed by atoms with E-state index in [9.17, 15) is 9.59 Å². The summed E-state index contributed by atoms with van der Waals surface area (Å²) in [6, 6.07) is 13.6. The zero-order valence-corrected chi connectivity index (χ0v) is 14.6. The molecular weight excluding hydrogens is 333 g/mol. The van der Waals surface area contributed by atoms with Gasteiger partial charge in [-0.05, 0) is 48.5 Å². The minimum atomic E-state index is -0.0180. The molecule has 0 heterocycles. The number of rotatable bonds is 6. The lowest BCUT2D eigenvalue weighted by molar-refractivity contribution is -0.873.